The zero-order chi connectivity index (χ0) is 22.1. The van der Waals surface area contributed by atoms with Crippen LogP contribution in [0.3, 0.4) is 0 Å². The van der Waals surface area contributed by atoms with Crippen LogP contribution in [-0.2, 0) is 21.9 Å². The van der Waals surface area contributed by atoms with E-state index in [1.54, 1.807) is 30.8 Å². The molecule has 0 heterocycles. The Balaban J connectivity index is 2.10. The average molecular weight is 429 g/mol. The topological polar surface area (TPSA) is 58.6 Å². The Morgan fingerprint density at radius 2 is 1.70 bits per heavy atom. The molecule has 0 saturated carbocycles. The van der Waals surface area contributed by atoms with Crippen LogP contribution >= 0.6 is 11.8 Å². The fourth-order valence-electron chi connectivity index (χ4n) is 3.51. The Morgan fingerprint density at radius 1 is 1.07 bits per heavy atom. The lowest BCUT2D eigenvalue weighted by atomic mass is 10.1. The molecule has 2 rings (SSSR count). The molecule has 0 aliphatic carbocycles. The number of amides is 2. The number of nitrogens with zero attached hydrogens (tertiary/aromatic N) is 1. The monoisotopic (exact) mass is 428 g/mol. The van der Waals surface area contributed by atoms with Crippen LogP contribution in [0.4, 0.5) is 0 Å². The molecule has 0 unspecified atom stereocenters. The second kappa shape index (κ2) is 11.6. The van der Waals surface area contributed by atoms with Gasteiger partial charge in [0, 0.05) is 19.3 Å². The first kappa shape index (κ1) is 23.8. The maximum atomic E-state index is 13.1. The highest BCUT2D eigenvalue weighted by Crippen LogP contribution is 2.20. The molecule has 6 heteroatoms. The van der Waals surface area contributed by atoms with E-state index in [0.717, 1.165) is 17.1 Å². The summed E-state index contributed by atoms with van der Waals surface area (Å²) >= 11 is 1.58. The highest BCUT2D eigenvalue weighted by molar-refractivity contribution is 7.99. The molecule has 0 saturated heterocycles. The SMILES string of the molecule is CC[C@H](C(=O)NC)N(Cc1ccc(OC)cc1)C(=O)CSCc1cc(C)cc(C)c1. The van der Waals surface area contributed by atoms with Gasteiger partial charge in [-0.1, -0.05) is 48.4 Å². The number of methoxy groups -OCH3 is 1. The normalized spacial score (nSPS) is 11.6. The largest absolute Gasteiger partial charge is 0.497 e. The van der Waals surface area contributed by atoms with Crippen LogP contribution in [0.1, 0.15) is 35.6 Å². The molecule has 0 fully saturated rings. The van der Waals surface area contributed by atoms with E-state index < -0.39 is 6.04 Å². The quantitative estimate of drug-likeness (QED) is 0.619. The van der Waals surface area contributed by atoms with Gasteiger partial charge >= 0.3 is 0 Å². The lowest BCUT2D eigenvalue weighted by molar-refractivity contribution is -0.139. The number of ether oxygens (including phenoxy) is 1. The zero-order valence-corrected chi connectivity index (χ0v) is 19.3. The number of nitrogens with one attached hydrogen (secondary N) is 1. The van der Waals surface area contributed by atoms with Crippen molar-refractivity contribution in [1.29, 1.82) is 0 Å². The molecule has 2 amide bonds. The minimum Gasteiger partial charge on any atom is -0.497 e. The number of likely N-dealkylation sites (N-methyl/N-ethyl adjacent to an activating group) is 1. The second-order valence-electron chi connectivity index (χ2n) is 7.40. The predicted molar refractivity (Wildman–Crippen MR) is 124 cm³/mol. The van der Waals surface area contributed by atoms with Gasteiger partial charge in [0.1, 0.15) is 11.8 Å². The molecule has 0 radical (unpaired) electrons. The number of carbonyl (C=O) groups excluding carboxylic acids is 2. The standard InChI is InChI=1S/C24H32N2O3S/c1-6-22(24(28)25-4)26(14-19-7-9-21(29-5)10-8-19)23(27)16-30-15-20-12-17(2)11-18(3)13-20/h7-13,22H,6,14-16H2,1-5H3,(H,25,28)/t22-/m1/s1. The summed E-state index contributed by atoms with van der Waals surface area (Å²) in [6, 6.07) is 13.5. The molecule has 162 valence electrons. The summed E-state index contributed by atoms with van der Waals surface area (Å²) in [6.45, 7) is 6.48. The molecular weight excluding hydrogens is 396 g/mol. The van der Waals surface area contributed by atoms with Crippen molar-refractivity contribution in [2.24, 2.45) is 0 Å². The molecule has 1 N–H and O–H groups in total. The highest BCUT2D eigenvalue weighted by Gasteiger charge is 2.27. The summed E-state index contributed by atoms with van der Waals surface area (Å²) < 4.78 is 5.21. The molecule has 2 aromatic carbocycles. The van der Waals surface area contributed by atoms with Gasteiger partial charge in [0.25, 0.3) is 0 Å². The van der Waals surface area contributed by atoms with E-state index in [1.807, 2.05) is 31.2 Å². The molecule has 1 atom stereocenters. The Labute approximate surface area is 184 Å². The van der Waals surface area contributed by atoms with Gasteiger partial charge in [-0.15, -0.1) is 11.8 Å². The fourth-order valence-corrected chi connectivity index (χ4v) is 4.35. The fraction of sp³-hybridized carbons (Fsp3) is 0.417. The number of thioether (sulfide) groups is 1. The van der Waals surface area contributed by atoms with Crippen molar-refractivity contribution >= 4 is 23.6 Å². The van der Waals surface area contributed by atoms with Crippen molar-refractivity contribution in [3.8, 4) is 5.75 Å². The number of aryl methyl sites for hydroxylation is 2. The molecular formula is C24H32N2O3S. The molecule has 0 spiro atoms. The van der Waals surface area contributed by atoms with Gasteiger partial charge in [-0.05, 0) is 43.5 Å². The van der Waals surface area contributed by atoms with Crippen LogP contribution < -0.4 is 10.1 Å². The van der Waals surface area contributed by atoms with Crippen molar-refractivity contribution in [2.45, 2.75) is 45.5 Å². The van der Waals surface area contributed by atoms with E-state index in [-0.39, 0.29) is 11.8 Å². The first-order chi connectivity index (χ1) is 14.4. The molecule has 0 bridgehead atoms. The van der Waals surface area contributed by atoms with Crippen LogP contribution in [-0.4, -0.2) is 42.7 Å². The summed E-state index contributed by atoms with van der Waals surface area (Å²) in [7, 11) is 3.23. The number of rotatable bonds is 10. The van der Waals surface area contributed by atoms with Crippen molar-refractivity contribution in [3.05, 3.63) is 64.7 Å². The summed E-state index contributed by atoms with van der Waals surface area (Å²) in [4.78, 5) is 27.2. The molecule has 30 heavy (non-hydrogen) atoms. The lowest BCUT2D eigenvalue weighted by Crippen LogP contribution is -2.48. The minimum absolute atomic E-state index is 0.0318. The minimum atomic E-state index is -0.494. The van der Waals surface area contributed by atoms with Crippen LogP contribution in [0.25, 0.3) is 0 Å². The molecule has 2 aromatic rings. The molecule has 5 nitrogen and oxygen atoms in total. The number of hydrogen-bond donors (Lipinski definition) is 1. The van der Waals surface area contributed by atoms with Crippen LogP contribution in [0, 0.1) is 13.8 Å². The third-order valence-corrected chi connectivity index (χ3v) is 5.91. The maximum Gasteiger partial charge on any atom is 0.242 e. The van der Waals surface area contributed by atoms with E-state index in [2.05, 4.69) is 37.4 Å². The lowest BCUT2D eigenvalue weighted by Gasteiger charge is -2.30. The van der Waals surface area contributed by atoms with Gasteiger partial charge in [0.2, 0.25) is 11.8 Å². The number of benzene rings is 2. The van der Waals surface area contributed by atoms with Gasteiger partial charge in [-0.25, -0.2) is 0 Å². The molecule has 0 aliphatic rings. The zero-order valence-electron chi connectivity index (χ0n) is 18.5. The van der Waals surface area contributed by atoms with Gasteiger partial charge in [0.05, 0.1) is 12.9 Å². The van der Waals surface area contributed by atoms with Gasteiger partial charge in [-0.2, -0.15) is 0 Å². The first-order valence-electron chi connectivity index (χ1n) is 10.2. The van der Waals surface area contributed by atoms with Crippen LogP contribution in [0.2, 0.25) is 0 Å². The molecule has 0 aromatic heterocycles. The first-order valence-corrected chi connectivity index (χ1v) is 11.3. The van der Waals surface area contributed by atoms with Crippen LogP contribution in [0.15, 0.2) is 42.5 Å². The van der Waals surface area contributed by atoms with Gasteiger partial charge in [-0.3, -0.25) is 9.59 Å². The Kier molecular flexibility index (Phi) is 9.24. The van der Waals surface area contributed by atoms with Gasteiger partial charge in [0.15, 0.2) is 0 Å². The highest BCUT2D eigenvalue weighted by atomic mass is 32.2. The van der Waals surface area contributed by atoms with Crippen molar-refractivity contribution in [2.75, 3.05) is 19.9 Å². The van der Waals surface area contributed by atoms with E-state index in [1.165, 1.54) is 16.7 Å². The summed E-state index contributed by atoms with van der Waals surface area (Å²) in [5, 5.41) is 2.69. The van der Waals surface area contributed by atoms with Crippen molar-refractivity contribution in [1.82, 2.24) is 10.2 Å². The maximum absolute atomic E-state index is 13.1. The smallest absolute Gasteiger partial charge is 0.242 e. The van der Waals surface area contributed by atoms with E-state index in [4.69, 9.17) is 4.74 Å². The Bertz CT molecular complexity index is 832. The van der Waals surface area contributed by atoms with Gasteiger partial charge < -0.3 is 15.0 Å². The third-order valence-electron chi connectivity index (χ3n) is 4.92. The molecule has 0 aliphatic heterocycles. The summed E-state index contributed by atoms with van der Waals surface area (Å²) in [6.07, 6.45) is 0.559. The number of carbonyl (C=O) groups is 2. The van der Waals surface area contributed by atoms with E-state index >= 15 is 0 Å². The van der Waals surface area contributed by atoms with Crippen LogP contribution in [0.5, 0.6) is 5.75 Å². The summed E-state index contributed by atoms with van der Waals surface area (Å²) in [5.41, 5.74) is 4.63. The predicted octanol–water partition coefficient (Wildman–Crippen LogP) is 4.10. The van der Waals surface area contributed by atoms with Crippen molar-refractivity contribution in [3.63, 3.8) is 0 Å². The Morgan fingerprint density at radius 3 is 2.23 bits per heavy atom. The Hall–Kier alpha value is -2.47. The van der Waals surface area contributed by atoms with E-state index in [9.17, 15) is 9.59 Å². The summed E-state index contributed by atoms with van der Waals surface area (Å²) in [5.74, 6) is 1.69. The van der Waals surface area contributed by atoms with Crippen molar-refractivity contribution < 1.29 is 14.3 Å². The number of hydrogen-bond acceptors (Lipinski definition) is 4. The second-order valence-corrected chi connectivity index (χ2v) is 8.38. The average Bonchev–Trinajstić information content (AvgIpc) is 2.73. The van der Waals surface area contributed by atoms with E-state index in [0.29, 0.717) is 18.7 Å². The third kappa shape index (κ3) is 6.80.